The minimum atomic E-state index is -4.44. The van der Waals surface area contributed by atoms with Gasteiger partial charge in [-0.1, -0.05) is 26.7 Å². The molecule has 0 spiro atoms. The molecule has 7 heteroatoms. The van der Waals surface area contributed by atoms with E-state index in [2.05, 4.69) is 0 Å². The van der Waals surface area contributed by atoms with Crippen molar-refractivity contribution in [1.82, 2.24) is 0 Å². The Morgan fingerprint density at radius 1 is 1.04 bits per heavy atom. The second kappa shape index (κ2) is 6.13. The van der Waals surface area contributed by atoms with Crippen molar-refractivity contribution in [2.24, 2.45) is 11.3 Å². The van der Waals surface area contributed by atoms with Crippen LogP contribution in [0.4, 0.5) is 22.0 Å². The molecule has 0 N–H and O–H groups in total. The summed E-state index contributed by atoms with van der Waals surface area (Å²) in [5.74, 6) is -11.0. The molecular formula is C17H25F5O2. The van der Waals surface area contributed by atoms with Gasteiger partial charge in [0.2, 0.25) is 5.67 Å². The van der Waals surface area contributed by atoms with Gasteiger partial charge in [0.1, 0.15) is 0 Å². The van der Waals surface area contributed by atoms with Crippen LogP contribution in [0.15, 0.2) is 0 Å². The van der Waals surface area contributed by atoms with Gasteiger partial charge in [0.15, 0.2) is 6.10 Å². The summed E-state index contributed by atoms with van der Waals surface area (Å²) in [5, 5.41) is 0. The van der Waals surface area contributed by atoms with E-state index in [4.69, 9.17) is 4.74 Å². The molecule has 3 atom stereocenters. The lowest BCUT2D eigenvalue weighted by molar-refractivity contribution is -0.321. The van der Waals surface area contributed by atoms with E-state index in [1.54, 1.807) is 6.92 Å². The van der Waals surface area contributed by atoms with Crippen LogP contribution in [0.5, 0.6) is 0 Å². The third-order valence-electron chi connectivity index (χ3n) is 6.08. The van der Waals surface area contributed by atoms with E-state index in [1.807, 2.05) is 0 Å². The molecule has 0 bridgehead atoms. The van der Waals surface area contributed by atoms with Crippen molar-refractivity contribution in [1.29, 1.82) is 0 Å². The maximum atomic E-state index is 14.4. The van der Waals surface area contributed by atoms with Gasteiger partial charge in [-0.3, -0.25) is 4.79 Å². The molecule has 140 valence electrons. The molecule has 2 aliphatic rings. The third kappa shape index (κ3) is 2.62. The van der Waals surface area contributed by atoms with Gasteiger partial charge in [0.05, 0.1) is 5.41 Å². The minimum absolute atomic E-state index is 0.171. The fraction of sp³-hybridized carbons (Fsp3) is 0.941. The molecule has 0 aromatic rings. The zero-order chi connectivity index (χ0) is 18.4. The smallest absolute Gasteiger partial charge is 0.323 e. The van der Waals surface area contributed by atoms with Crippen LogP contribution in [-0.4, -0.2) is 29.6 Å². The normalized spacial score (nSPS) is 37.2. The van der Waals surface area contributed by atoms with Crippen molar-refractivity contribution >= 4 is 5.97 Å². The summed E-state index contributed by atoms with van der Waals surface area (Å²) >= 11 is 0. The van der Waals surface area contributed by atoms with Gasteiger partial charge in [0, 0.05) is 5.92 Å². The van der Waals surface area contributed by atoms with Crippen molar-refractivity contribution in [3.05, 3.63) is 0 Å². The van der Waals surface area contributed by atoms with E-state index >= 15 is 0 Å². The third-order valence-corrected chi connectivity index (χ3v) is 6.08. The summed E-state index contributed by atoms with van der Waals surface area (Å²) in [7, 11) is 0. The van der Waals surface area contributed by atoms with Gasteiger partial charge in [-0.15, -0.1) is 0 Å². The van der Waals surface area contributed by atoms with Crippen molar-refractivity contribution in [3.63, 3.8) is 0 Å². The number of halogens is 5. The maximum Gasteiger partial charge on any atom is 0.323 e. The number of hydrogen-bond donors (Lipinski definition) is 0. The highest BCUT2D eigenvalue weighted by Gasteiger charge is 2.76. The fourth-order valence-electron chi connectivity index (χ4n) is 4.02. The highest BCUT2D eigenvalue weighted by atomic mass is 19.3. The minimum Gasteiger partial charge on any atom is -0.455 e. The summed E-state index contributed by atoms with van der Waals surface area (Å²) in [6.07, 6.45) is 0.0121. The summed E-state index contributed by atoms with van der Waals surface area (Å²) in [6.45, 7) is 3.37. The van der Waals surface area contributed by atoms with Crippen molar-refractivity contribution in [2.75, 3.05) is 0 Å². The van der Waals surface area contributed by atoms with Crippen LogP contribution in [0.1, 0.15) is 65.7 Å². The quantitative estimate of drug-likeness (QED) is 0.505. The highest BCUT2D eigenvalue weighted by Crippen LogP contribution is 2.57. The number of carbonyl (C=O) groups excluding carboxylic acids is 1. The van der Waals surface area contributed by atoms with Gasteiger partial charge in [-0.2, -0.15) is 8.78 Å². The van der Waals surface area contributed by atoms with Gasteiger partial charge in [0.25, 0.3) is 5.92 Å². The average Bonchev–Trinajstić information content (AvgIpc) is 2.99. The first-order chi connectivity index (χ1) is 11.0. The molecule has 0 heterocycles. The van der Waals surface area contributed by atoms with Crippen LogP contribution in [0, 0.1) is 11.3 Å². The highest BCUT2D eigenvalue weighted by molar-refractivity contribution is 5.77. The van der Waals surface area contributed by atoms with Gasteiger partial charge in [-0.25, -0.2) is 13.2 Å². The first-order valence-electron chi connectivity index (χ1n) is 8.62. The molecule has 0 saturated heterocycles. The Morgan fingerprint density at radius 2 is 1.58 bits per heavy atom. The Hall–Kier alpha value is -0.880. The average molecular weight is 356 g/mol. The molecular weight excluding hydrogens is 331 g/mol. The Kier molecular flexibility index (Phi) is 4.97. The summed E-state index contributed by atoms with van der Waals surface area (Å²) in [4.78, 5) is 12.5. The largest absolute Gasteiger partial charge is 0.455 e. The van der Waals surface area contributed by atoms with Crippen LogP contribution in [-0.2, 0) is 9.53 Å². The first-order valence-corrected chi connectivity index (χ1v) is 8.62. The predicted octanol–water partition coefficient (Wildman–Crippen LogP) is 5.30. The molecule has 0 aliphatic heterocycles. The number of carbonyl (C=O) groups is 1. The molecule has 2 fully saturated rings. The van der Waals surface area contributed by atoms with Crippen molar-refractivity contribution in [3.8, 4) is 0 Å². The molecule has 3 unspecified atom stereocenters. The Labute approximate surface area is 139 Å². The molecule has 0 aromatic heterocycles. The predicted molar refractivity (Wildman–Crippen MR) is 78.9 cm³/mol. The summed E-state index contributed by atoms with van der Waals surface area (Å²) in [6, 6.07) is 0. The van der Waals surface area contributed by atoms with Gasteiger partial charge >= 0.3 is 11.9 Å². The van der Waals surface area contributed by atoms with E-state index in [-0.39, 0.29) is 13.3 Å². The van der Waals surface area contributed by atoms with E-state index < -0.39 is 47.3 Å². The molecule has 0 radical (unpaired) electrons. The van der Waals surface area contributed by atoms with Crippen LogP contribution >= 0.6 is 0 Å². The Bertz CT molecular complexity index is 483. The van der Waals surface area contributed by atoms with Crippen LogP contribution in [0.25, 0.3) is 0 Å². The molecule has 0 aromatic carbocycles. The van der Waals surface area contributed by atoms with E-state index in [0.29, 0.717) is 19.3 Å². The number of esters is 1. The molecule has 24 heavy (non-hydrogen) atoms. The topological polar surface area (TPSA) is 26.3 Å². The zero-order valence-electron chi connectivity index (χ0n) is 14.3. The first kappa shape index (κ1) is 19.4. The zero-order valence-corrected chi connectivity index (χ0v) is 14.3. The lowest BCUT2D eigenvalue weighted by Crippen LogP contribution is -2.68. The van der Waals surface area contributed by atoms with Crippen LogP contribution in [0.3, 0.4) is 0 Å². The maximum absolute atomic E-state index is 14.4. The van der Waals surface area contributed by atoms with Crippen molar-refractivity contribution in [2.45, 2.75) is 89.3 Å². The van der Waals surface area contributed by atoms with E-state index in [0.717, 1.165) is 12.8 Å². The second-order valence-corrected chi connectivity index (χ2v) is 7.32. The molecule has 2 saturated carbocycles. The van der Waals surface area contributed by atoms with Gasteiger partial charge < -0.3 is 4.74 Å². The summed E-state index contributed by atoms with van der Waals surface area (Å²) < 4.78 is 76.4. The molecule has 2 aliphatic carbocycles. The molecule has 2 rings (SSSR count). The number of hydrogen-bond acceptors (Lipinski definition) is 2. The SMILES string of the molecule is CCC1CC(OC(=O)C2(CC)CCCC2)C(F)(F)C(C)(F)C1(F)F. The number of ether oxygens (including phenoxy) is 1. The lowest BCUT2D eigenvalue weighted by atomic mass is 9.71. The van der Waals surface area contributed by atoms with Crippen molar-refractivity contribution < 1.29 is 31.5 Å². The van der Waals surface area contributed by atoms with Crippen LogP contribution < -0.4 is 0 Å². The standard InChI is InChI=1S/C17H25F5O2/c1-4-11-10-12(17(21,22)14(3,18)16(11,19)20)24-13(23)15(5-2)8-6-7-9-15/h11-12H,4-10H2,1-3H3. The Morgan fingerprint density at radius 3 is 2.04 bits per heavy atom. The van der Waals surface area contributed by atoms with Gasteiger partial charge in [-0.05, 0) is 39.0 Å². The molecule has 0 amide bonds. The lowest BCUT2D eigenvalue weighted by Gasteiger charge is -2.48. The number of rotatable bonds is 4. The summed E-state index contributed by atoms with van der Waals surface area (Å²) in [5.41, 5.74) is -4.90. The second-order valence-electron chi connectivity index (χ2n) is 7.32. The van der Waals surface area contributed by atoms with E-state index in [1.165, 1.54) is 6.92 Å². The molecule has 2 nitrogen and oxygen atoms in total. The van der Waals surface area contributed by atoms with Crippen LogP contribution in [0.2, 0.25) is 0 Å². The Balaban J connectivity index is 2.28. The number of alkyl halides is 5. The monoisotopic (exact) mass is 356 g/mol. The fourth-order valence-corrected chi connectivity index (χ4v) is 4.02. The van der Waals surface area contributed by atoms with E-state index in [9.17, 15) is 26.7 Å².